The first kappa shape index (κ1) is 10.5. The van der Waals surface area contributed by atoms with E-state index in [0.717, 1.165) is 31.2 Å². The standard InChI is InChI=1S/C13H19NO/c1-3-4-6-10-9(2)14-11-7-5-8-12(15)13(10)11/h14H,3-8H2,1-2H3. The van der Waals surface area contributed by atoms with E-state index in [0.29, 0.717) is 5.78 Å². The molecule has 0 atom stereocenters. The Morgan fingerprint density at radius 2 is 2.13 bits per heavy atom. The van der Waals surface area contributed by atoms with Gasteiger partial charge in [0.1, 0.15) is 0 Å². The van der Waals surface area contributed by atoms with E-state index in [1.807, 2.05) is 0 Å². The Labute approximate surface area is 91.1 Å². The van der Waals surface area contributed by atoms with Crippen LogP contribution in [0.1, 0.15) is 59.9 Å². The third kappa shape index (κ3) is 1.85. The number of ketones is 1. The Hall–Kier alpha value is -1.05. The highest BCUT2D eigenvalue weighted by Gasteiger charge is 2.23. The number of hydrogen-bond acceptors (Lipinski definition) is 1. The Morgan fingerprint density at radius 1 is 1.33 bits per heavy atom. The maximum absolute atomic E-state index is 11.9. The van der Waals surface area contributed by atoms with Gasteiger partial charge in [0.05, 0.1) is 0 Å². The largest absolute Gasteiger partial charge is 0.362 e. The number of aromatic amines is 1. The first-order valence-electron chi connectivity index (χ1n) is 5.97. The van der Waals surface area contributed by atoms with Crippen LogP contribution in [0.5, 0.6) is 0 Å². The van der Waals surface area contributed by atoms with E-state index in [1.54, 1.807) is 0 Å². The van der Waals surface area contributed by atoms with E-state index >= 15 is 0 Å². The second-order valence-corrected chi connectivity index (χ2v) is 4.46. The molecule has 2 nitrogen and oxygen atoms in total. The second kappa shape index (κ2) is 4.21. The normalized spacial score (nSPS) is 15.5. The van der Waals surface area contributed by atoms with E-state index in [2.05, 4.69) is 18.8 Å². The van der Waals surface area contributed by atoms with Crippen LogP contribution in [-0.2, 0) is 12.8 Å². The lowest BCUT2D eigenvalue weighted by atomic mass is 9.91. The molecule has 0 saturated carbocycles. The summed E-state index contributed by atoms with van der Waals surface area (Å²) < 4.78 is 0. The summed E-state index contributed by atoms with van der Waals surface area (Å²) in [5.74, 6) is 0.353. The lowest BCUT2D eigenvalue weighted by molar-refractivity contribution is 0.0971. The van der Waals surface area contributed by atoms with Crippen molar-refractivity contribution in [3.8, 4) is 0 Å². The Bertz CT molecular complexity index is 376. The minimum atomic E-state index is 0.353. The molecule has 2 heteroatoms. The molecule has 2 rings (SSSR count). The molecule has 82 valence electrons. The lowest BCUT2D eigenvalue weighted by Gasteiger charge is -2.11. The van der Waals surface area contributed by atoms with Crippen LogP contribution >= 0.6 is 0 Å². The predicted molar refractivity (Wildman–Crippen MR) is 61.4 cm³/mol. The Balaban J connectivity index is 2.35. The molecule has 1 heterocycles. The van der Waals surface area contributed by atoms with Gasteiger partial charge in [-0.3, -0.25) is 4.79 Å². The van der Waals surface area contributed by atoms with Crippen LogP contribution in [0.2, 0.25) is 0 Å². The number of rotatable bonds is 3. The zero-order valence-corrected chi connectivity index (χ0v) is 9.65. The quantitative estimate of drug-likeness (QED) is 0.807. The van der Waals surface area contributed by atoms with Crippen molar-refractivity contribution in [2.24, 2.45) is 0 Å². The summed E-state index contributed by atoms with van der Waals surface area (Å²) in [6, 6.07) is 0. The molecule has 0 aromatic carbocycles. The SMILES string of the molecule is CCCCc1c(C)[nH]c2c1C(=O)CCC2. The summed E-state index contributed by atoms with van der Waals surface area (Å²) in [5.41, 5.74) is 4.72. The number of aromatic nitrogens is 1. The van der Waals surface area contributed by atoms with E-state index in [-0.39, 0.29) is 0 Å². The molecular formula is C13H19NO. The zero-order chi connectivity index (χ0) is 10.8. The van der Waals surface area contributed by atoms with Gasteiger partial charge in [0, 0.05) is 23.4 Å². The smallest absolute Gasteiger partial charge is 0.164 e. The maximum atomic E-state index is 11.9. The van der Waals surface area contributed by atoms with Gasteiger partial charge in [-0.05, 0) is 38.2 Å². The number of Topliss-reactive ketones (excluding diaryl/α,β-unsaturated/α-hetero) is 1. The van der Waals surface area contributed by atoms with Crippen molar-refractivity contribution in [2.75, 3.05) is 0 Å². The van der Waals surface area contributed by atoms with Gasteiger partial charge in [-0.1, -0.05) is 13.3 Å². The minimum Gasteiger partial charge on any atom is -0.362 e. The summed E-state index contributed by atoms with van der Waals surface area (Å²) in [4.78, 5) is 15.2. The highest BCUT2D eigenvalue weighted by molar-refractivity contribution is 6.00. The van der Waals surface area contributed by atoms with Gasteiger partial charge in [-0.15, -0.1) is 0 Å². The molecule has 1 N–H and O–H groups in total. The monoisotopic (exact) mass is 205 g/mol. The summed E-state index contributed by atoms with van der Waals surface area (Å²) in [6.45, 7) is 4.28. The van der Waals surface area contributed by atoms with Crippen LogP contribution in [0.3, 0.4) is 0 Å². The molecule has 1 aromatic heterocycles. The average molecular weight is 205 g/mol. The van der Waals surface area contributed by atoms with Crippen molar-refractivity contribution >= 4 is 5.78 Å². The topological polar surface area (TPSA) is 32.9 Å². The van der Waals surface area contributed by atoms with Crippen molar-refractivity contribution in [2.45, 2.75) is 52.4 Å². The summed E-state index contributed by atoms with van der Waals surface area (Å²) in [5, 5.41) is 0. The van der Waals surface area contributed by atoms with Crippen LogP contribution in [0, 0.1) is 6.92 Å². The third-order valence-corrected chi connectivity index (χ3v) is 3.28. The minimum absolute atomic E-state index is 0.353. The van der Waals surface area contributed by atoms with Crippen molar-refractivity contribution < 1.29 is 4.79 Å². The zero-order valence-electron chi connectivity index (χ0n) is 9.65. The molecule has 0 fully saturated rings. The van der Waals surface area contributed by atoms with Crippen molar-refractivity contribution in [1.82, 2.24) is 4.98 Å². The first-order chi connectivity index (χ1) is 7.24. The predicted octanol–water partition coefficient (Wildman–Crippen LogP) is 3.18. The molecule has 1 aromatic rings. The van der Waals surface area contributed by atoms with Crippen LogP contribution in [-0.4, -0.2) is 10.8 Å². The number of carbonyl (C=O) groups excluding carboxylic acids is 1. The van der Waals surface area contributed by atoms with Crippen molar-refractivity contribution in [1.29, 1.82) is 0 Å². The first-order valence-corrected chi connectivity index (χ1v) is 5.97. The molecule has 0 radical (unpaired) electrons. The molecule has 1 aliphatic carbocycles. The number of H-pyrrole nitrogens is 1. The van der Waals surface area contributed by atoms with E-state index in [4.69, 9.17) is 0 Å². The summed E-state index contributed by atoms with van der Waals surface area (Å²) >= 11 is 0. The molecule has 0 spiro atoms. The van der Waals surface area contributed by atoms with Crippen molar-refractivity contribution in [3.63, 3.8) is 0 Å². The van der Waals surface area contributed by atoms with Gasteiger partial charge < -0.3 is 4.98 Å². The van der Waals surface area contributed by atoms with Gasteiger partial charge in [0.2, 0.25) is 0 Å². The fraction of sp³-hybridized carbons (Fsp3) is 0.615. The number of aryl methyl sites for hydroxylation is 2. The van der Waals surface area contributed by atoms with E-state index in [9.17, 15) is 4.79 Å². The number of nitrogens with one attached hydrogen (secondary N) is 1. The van der Waals surface area contributed by atoms with Crippen LogP contribution in [0.25, 0.3) is 0 Å². The van der Waals surface area contributed by atoms with E-state index < -0.39 is 0 Å². The molecular weight excluding hydrogens is 186 g/mol. The van der Waals surface area contributed by atoms with Crippen LogP contribution in [0.15, 0.2) is 0 Å². The lowest BCUT2D eigenvalue weighted by Crippen LogP contribution is -2.11. The second-order valence-electron chi connectivity index (χ2n) is 4.46. The number of fused-ring (bicyclic) bond motifs is 1. The number of hydrogen-bond donors (Lipinski definition) is 1. The van der Waals surface area contributed by atoms with Crippen LogP contribution < -0.4 is 0 Å². The Morgan fingerprint density at radius 3 is 2.87 bits per heavy atom. The van der Waals surface area contributed by atoms with Crippen LogP contribution in [0.4, 0.5) is 0 Å². The molecule has 0 amide bonds. The highest BCUT2D eigenvalue weighted by Crippen LogP contribution is 2.27. The maximum Gasteiger partial charge on any atom is 0.164 e. The van der Waals surface area contributed by atoms with Gasteiger partial charge in [0.25, 0.3) is 0 Å². The molecule has 0 aliphatic heterocycles. The summed E-state index contributed by atoms with van der Waals surface area (Å²) in [6.07, 6.45) is 6.22. The number of carbonyl (C=O) groups is 1. The molecule has 0 saturated heterocycles. The number of unbranched alkanes of at least 4 members (excludes halogenated alkanes) is 1. The van der Waals surface area contributed by atoms with Gasteiger partial charge in [-0.25, -0.2) is 0 Å². The third-order valence-electron chi connectivity index (χ3n) is 3.28. The van der Waals surface area contributed by atoms with Gasteiger partial charge >= 0.3 is 0 Å². The molecule has 0 unspecified atom stereocenters. The Kier molecular flexibility index (Phi) is 2.94. The fourth-order valence-corrected chi connectivity index (χ4v) is 2.47. The molecule has 15 heavy (non-hydrogen) atoms. The highest BCUT2D eigenvalue weighted by atomic mass is 16.1. The van der Waals surface area contributed by atoms with E-state index in [1.165, 1.54) is 29.8 Å². The molecule has 0 bridgehead atoms. The average Bonchev–Trinajstić information content (AvgIpc) is 2.53. The fourth-order valence-electron chi connectivity index (χ4n) is 2.47. The van der Waals surface area contributed by atoms with Gasteiger partial charge in [0.15, 0.2) is 5.78 Å². The van der Waals surface area contributed by atoms with Crippen molar-refractivity contribution in [3.05, 3.63) is 22.5 Å². The van der Waals surface area contributed by atoms with Gasteiger partial charge in [-0.2, -0.15) is 0 Å². The summed E-state index contributed by atoms with van der Waals surface area (Å²) in [7, 11) is 0. The molecule has 1 aliphatic rings.